The molecule has 5 nitrogen and oxygen atoms in total. The van der Waals surface area contributed by atoms with Crippen LogP contribution in [0.2, 0.25) is 0 Å². The second kappa shape index (κ2) is 5.73. The third kappa shape index (κ3) is 2.92. The predicted octanol–water partition coefficient (Wildman–Crippen LogP) is 1.19. The average molecular weight is 250 g/mol. The number of benzene rings is 1. The van der Waals surface area contributed by atoms with Crippen molar-refractivity contribution >= 4 is 11.6 Å². The minimum absolute atomic E-state index is 0.126. The maximum absolute atomic E-state index is 12.0. The molecule has 0 bridgehead atoms. The van der Waals surface area contributed by atoms with Crippen molar-refractivity contribution in [2.75, 3.05) is 26.0 Å². The van der Waals surface area contributed by atoms with Gasteiger partial charge in [0.1, 0.15) is 5.75 Å². The van der Waals surface area contributed by atoms with Crippen molar-refractivity contribution in [2.24, 2.45) is 0 Å². The van der Waals surface area contributed by atoms with E-state index in [0.29, 0.717) is 23.5 Å². The maximum atomic E-state index is 12.0. The summed E-state index contributed by atoms with van der Waals surface area (Å²) in [7, 11) is 1.56. The van der Waals surface area contributed by atoms with Crippen molar-refractivity contribution < 1.29 is 14.3 Å². The van der Waals surface area contributed by atoms with E-state index in [2.05, 4.69) is 5.32 Å². The third-order valence-electron chi connectivity index (χ3n) is 3.02. The normalized spacial score (nSPS) is 18.6. The van der Waals surface area contributed by atoms with Gasteiger partial charge in [-0.2, -0.15) is 0 Å². The van der Waals surface area contributed by atoms with Crippen molar-refractivity contribution in [1.82, 2.24) is 5.32 Å². The van der Waals surface area contributed by atoms with E-state index in [1.165, 1.54) is 0 Å². The van der Waals surface area contributed by atoms with E-state index in [9.17, 15) is 4.79 Å². The molecule has 0 radical (unpaired) electrons. The Balaban J connectivity index is 1.98. The molecule has 18 heavy (non-hydrogen) atoms. The first-order valence-corrected chi connectivity index (χ1v) is 6.04. The molecular weight excluding hydrogens is 232 g/mol. The molecule has 3 N–H and O–H groups in total. The topological polar surface area (TPSA) is 73.6 Å². The number of ether oxygens (including phenoxy) is 2. The molecule has 1 heterocycles. The van der Waals surface area contributed by atoms with E-state index in [-0.39, 0.29) is 12.0 Å². The Morgan fingerprint density at radius 3 is 3.11 bits per heavy atom. The van der Waals surface area contributed by atoms with Crippen LogP contribution in [-0.2, 0) is 4.74 Å². The molecule has 2 rings (SSSR count). The SMILES string of the molecule is COc1ccc(N)c(C(=O)NCC2CCCO2)c1. The Morgan fingerprint density at radius 2 is 2.44 bits per heavy atom. The van der Waals surface area contributed by atoms with Gasteiger partial charge in [-0.05, 0) is 31.0 Å². The highest BCUT2D eigenvalue weighted by atomic mass is 16.5. The van der Waals surface area contributed by atoms with E-state index >= 15 is 0 Å². The quantitative estimate of drug-likeness (QED) is 0.787. The van der Waals surface area contributed by atoms with Gasteiger partial charge in [0, 0.05) is 18.8 Å². The largest absolute Gasteiger partial charge is 0.497 e. The van der Waals surface area contributed by atoms with Crippen LogP contribution in [0.1, 0.15) is 23.2 Å². The molecule has 1 fully saturated rings. The fourth-order valence-electron chi connectivity index (χ4n) is 1.97. The molecule has 0 spiro atoms. The number of rotatable bonds is 4. The summed E-state index contributed by atoms with van der Waals surface area (Å²) in [6.07, 6.45) is 2.18. The van der Waals surface area contributed by atoms with Crippen LogP contribution in [0.5, 0.6) is 5.75 Å². The molecule has 0 saturated carbocycles. The molecule has 1 saturated heterocycles. The number of carbonyl (C=O) groups excluding carboxylic acids is 1. The van der Waals surface area contributed by atoms with Crippen molar-refractivity contribution in [3.05, 3.63) is 23.8 Å². The molecule has 5 heteroatoms. The van der Waals surface area contributed by atoms with Gasteiger partial charge in [0.05, 0.1) is 18.8 Å². The zero-order chi connectivity index (χ0) is 13.0. The first kappa shape index (κ1) is 12.7. The minimum atomic E-state index is -0.193. The lowest BCUT2D eigenvalue weighted by Crippen LogP contribution is -2.32. The van der Waals surface area contributed by atoms with Gasteiger partial charge in [-0.3, -0.25) is 4.79 Å². The number of nitrogen functional groups attached to an aromatic ring is 1. The lowest BCUT2D eigenvalue weighted by molar-refractivity contribution is 0.0858. The fourth-order valence-corrected chi connectivity index (χ4v) is 1.97. The van der Waals surface area contributed by atoms with Crippen molar-refractivity contribution in [3.8, 4) is 5.75 Å². The highest BCUT2D eigenvalue weighted by Crippen LogP contribution is 2.19. The molecule has 0 aromatic heterocycles. The summed E-state index contributed by atoms with van der Waals surface area (Å²) in [6, 6.07) is 5.03. The minimum Gasteiger partial charge on any atom is -0.497 e. The van der Waals surface area contributed by atoms with Crippen LogP contribution >= 0.6 is 0 Å². The van der Waals surface area contributed by atoms with Crippen molar-refractivity contribution in [2.45, 2.75) is 18.9 Å². The summed E-state index contributed by atoms with van der Waals surface area (Å²) in [5.41, 5.74) is 6.66. The lowest BCUT2D eigenvalue weighted by Gasteiger charge is -2.12. The van der Waals surface area contributed by atoms with Crippen molar-refractivity contribution in [3.63, 3.8) is 0 Å². The van der Waals surface area contributed by atoms with Gasteiger partial charge in [0.25, 0.3) is 5.91 Å². The lowest BCUT2D eigenvalue weighted by atomic mass is 10.1. The molecule has 1 aliphatic heterocycles. The molecule has 1 amide bonds. The summed E-state index contributed by atoms with van der Waals surface area (Å²) >= 11 is 0. The standard InChI is InChI=1S/C13H18N2O3/c1-17-9-4-5-12(14)11(7-9)13(16)15-8-10-3-2-6-18-10/h4-5,7,10H,2-3,6,8,14H2,1H3,(H,15,16). The van der Waals surface area contributed by atoms with Crippen LogP contribution in [0.25, 0.3) is 0 Å². The second-order valence-corrected chi connectivity index (χ2v) is 4.30. The number of nitrogens with one attached hydrogen (secondary N) is 1. The molecule has 1 aromatic carbocycles. The highest BCUT2D eigenvalue weighted by molar-refractivity contribution is 5.99. The van der Waals surface area contributed by atoms with Gasteiger partial charge in [0.2, 0.25) is 0 Å². The number of amides is 1. The molecule has 1 aromatic rings. The molecule has 1 unspecified atom stereocenters. The van der Waals surface area contributed by atoms with Crippen LogP contribution in [0.4, 0.5) is 5.69 Å². The van der Waals surface area contributed by atoms with Crippen LogP contribution in [0, 0.1) is 0 Å². The first-order chi connectivity index (χ1) is 8.70. The first-order valence-electron chi connectivity index (χ1n) is 6.04. The van der Waals surface area contributed by atoms with E-state index in [1.54, 1.807) is 25.3 Å². The Morgan fingerprint density at radius 1 is 1.61 bits per heavy atom. The van der Waals surface area contributed by atoms with Crippen LogP contribution in [0.15, 0.2) is 18.2 Å². The van der Waals surface area contributed by atoms with E-state index < -0.39 is 0 Å². The summed E-state index contributed by atoms with van der Waals surface area (Å²) in [4.78, 5) is 12.0. The van der Waals surface area contributed by atoms with Crippen LogP contribution in [-0.4, -0.2) is 32.3 Å². The number of nitrogens with two attached hydrogens (primary N) is 1. The fraction of sp³-hybridized carbons (Fsp3) is 0.462. The molecule has 1 atom stereocenters. The smallest absolute Gasteiger partial charge is 0.253 e. The van der Waals surface area contributed by atoms with Gasteiger partial charge in [-0.15, -0.1) is 0 Å². The number of anilines is 1. The number of hydrogen-bond donors (Lipinski definition) is 2. The maximum Gasteiger partial charge on any atom is 0.253 e. The number of carbonyl (C=O) groups is 1. The number of methoxy groups -OCH3 is 1. The van der Waals surface area contributed by atoms with Gasteiger partial charge < -0.3 is 20.5 Å². The van der Waals surface area contributed by atoms with E-state index in [1.807, 2.05) is 0 Å². The van der Waals surface area contributed by atoms with Crippen molar-refractivity contribution in [1.29, 1.82) is 0 Å². The zero-order valence-corrected chi connectivity index (χ0v) is 10.4. The Kier molecular flexibility index (Phi) is 4.04. The Labute approximate surface area is 106 Å². The highest BCUT2D eigenvalue weighted by Gasteiger charge is 2.17. The van der Waals surface area contributed by atoms with E-state index in [4.69, 9.17) is 15.2 Å². The molecule has 0 aliphatic carbocycles. The molecular formula is C13H18N2O3. The predicted molar refractivity (Wildman–Crippen MR) is 68.7 cm³/mol. The third-order valence-corrected chi connectivity index (χ3v) is 3.02. The average Bonchev–Trinajstić information content (AvgIpc) is 2.89. The van der Waals surface area contributed by atoms with Gasteiger partial charge >= 0.3 is 0 Å². The van der Waals surface area contributed by atoms with Crippen LogP contribution in [0.3, 0.4) is 0 Å². The zero-order valence-electron chi connectivity index (χ0n) is 10.4. The van der Waals surface area contributed by atoms with Crippen LogP contribution < -0.4 is 15.8 Å². The summed E-state index contributed by atoms with van der Waals surface area (Å²) < 4.78 is 10.5. The van der Waals surface area contributed by atoms with E-state index in [0.717, 1.165) is 19.4 Å². The second-order valence-electron chi connectivity index (χ2n) is 4.30. The monoisotopic (exact) mass is 250 g/mol. The van der Waals surface area contributed by atoms with Gasteiger partial charge in [0.15, 0.2) is 0 Å². The van der Waals surface area contributed by atoms with Gasteiger partial charge in [-0.25, -0.2) is 0 Å². The summed E-state index contributed by atoms with van der Waals surface area (Å²) in [5.74, 6) is 0.424. The van der Waals surface area contributed by atoms with Gasteiger partial charge in [-0.1, -0.05) is 0 Å². The summed E-state index contributed by atoms with van der Waals surface area (Å²) in [6.45, 7) is 1.30. The molecule has 1 aliphatic rings. The Hall–Kier alpha value is -1.75. The number of hydrogen-bond acceptors (Lipinski definition) is 4. The molecule has 98 valence electrons. The summed E-state index contributed by atoms with van der Waals surface area (Å²) in [5, 5.41) is 2.83. The Bertz CT molecular complexity index is 428.